The van der Waals surface area contributed by atoms with E-state index < -0.39 is 0 Å². The molecule has 90 valence electrons. The smallest absolute Gasteiger partial charge is 0.256 e. The van der Waals surface area contributed by atoms with E-state index in [1.165, 1.54) is 24.5 Å². The Labute approximate surface area is 118 Å². The van der Waals surface area contributed by atoms with Gasteiger partial charge in [0.25, 0.3) is 5.88 Å². The van der Waals surface area contributed by atoms with Crippen molar-refractivity contribution >= 4 is 34.8 Å². The van der Waals surface area contributed by atoms with E-state index >= 15 is 0 Å². The van der Waals surface area contributed by atoms with Crippen LogP contribution in [0.25, 0.3) is 0 Å². The van der Waals surface area contributed by atoms with E-state index in [9.17, 15) is 0 Å². The van der Waals surface area contributed by atoms with E-state index in [2.05, 4.69) is 9.97 Å². The number of hydrogen-bond acceptors (Lipinski definition) is 4. The molecule has 2 rings (SSSR count). The van der Waals surface area contributed by atoms with Gasteiger partial charge in [-0.2, -0.15) is 5.26 Å². The van der Waals surface area contributed by atoms with Crippen molar-refractivity contribution in [2.45, 2.75) is 0 Å². The first-order valence-corrected chi connectivity index (χ1v) is 5.78. The largest absolute Gasteiger partial charge is 0.435 e. The van der Waals surface area contributed by atoms with Crippen LogP contribution in [-0.4, -0.2) is 9.97 Å². The van der Waals surface area contributed by atoms with Crippen LogP contribution in [0.1, 0.15) is 5.69 Å². The van der Waals surface area contributed by atoms with Crippen LogP contribution in [0.5, 0.6) is 11.6 Å². The molecule has 0 radical (unpaired) electrons. The van der Waals surface area contributed by atoms with Crippen LogP contribution in [-0.2, 0) is 0 Å². The Kier molecular flexibility index (Phi) is 3.87. The zero-order chi connectivity index (χ0) is 13.1. The molecule has 7 heteroatoms. The Hall–Kier alpha value is -1.54. The van der Waals surface area contributed by atoms with Gasteiger partial charge < -0.3 is 4.74 Å². The summed E-state index contributed by atoms with van der Waals surface area (Å²) < 4.78 is 5.40. The molecule has 0 fully saturated rings. The molecule has 0 N–H and O–H groups in total. The lowest BCUT2D eigenvalue weighted by atomic mass is 10.3. The SMILES string of the molecule is N#Cc1nccnc1Oc1cc(Cl)c(Cl)cc1Cl. The first-order chi connectivity index (χ1) is 8.61. The molecule has 1 aromatic heterocycles. The lowest BCUT2D eigenvalue weighted by Gasteiger charge is -2.08. The molecular weight excluding hydrogens is 296 g/mol. The molecule has 2 aromatic rings. The van der Waals surface area contributed by atoms with Crippen LogP contribution in [0.2, 0.25) is 15.1 Å². The normalized spacial score (nSPS) is 9.89. The maximum absolute atomic E-state index is 8.85. The molecule has 0 atom stereocenters. The number of benzene rings is 1. The summed E-state index contributed by atoms with van der Waals surface area (Å²) in [7, 11) is 0. The molecule has 0 spiro atoms. The van der Waals surface area contributed by atoms with Gasteiger partial charge in [0.1, 0.15) is 11.8 Å². The van der Waals surface area contributed by atoms with E-state index in [1.54, 1.807) is 0 Å². The number of ether oxygens (including phenoxy) is 1. The maximum atomic E-state index is 8.85. The number of halogens is 3. The number of aromatic nitrogens is 2. The third-order valence-corrected chi connectivity index (χ3v) is 2.97. The molecule has 0 aliphatic carbocycles. The molecule has 0 saturated carbocycles. The predicted molar refractivity (Wildman–Crippen MR) is 68.3 cm³/mol. The molecule has 0 bridgehead atoms. The second-order valence-electron chi connectivity index (χ2n) is 3.12. The van der Waals surface area contributed by atoms with Gasteiger partial charge in [-0.25, -0.2) is 9.97 Å². The molecular formula is C11H4Cl3N3O. The van der Waals surface area contributed by atoms with Gasteiger partial charge in [-0.1, -0.05) is 34.8 Å². The Morgan fingerprint density at radius 1 is 1.00 bits per heavy atom. The lowest BCUT2D eigenvalue weighted by molar-refractivity contribution is 0.458. The van der Waals surface area contributed by atoms with Gasteiger partial charge in [0.15, 0.2) is 0 Å². The molecule has 1 heterocycles. The Balaban J connectivity index is 2.41. The highest BCUT2D eigenvalue weighted by atomic mass is 35.5. The minimum atomic E-state index is 0.0552. The zero-order valence-corrected chi connectivity index (χ0v) is 11.0. The maximum Gasteiger partial charge on any atom is 0.256 e. The second kappa shape index (κ2) is 5.40. The van der Waals surface area contributed by atoms with Crippen LogP contribution >= 0.6 is 34.8 Å². The summed E-state index contributed by atoms with van der Waals surface area (Å²) in [5.41, 5.74) is 0.0552. The van der Waals surface area contributed by atoms with Crippen molar-refractivity contribution in [3.63, 3.8) is 0 Å². The average Bonchev–Trinajstić information content (AvgIpc) is 2.36. The second-order valence-corrected chi connectivity index (χ2v) is 4.34. The van der Waals surface area contributed by atoms with Crippen molar-refractivity contribution in [1.29, 1.82) is 5.26 Å². The molecule has 0 aliphatic heterocycles. The lowest BCUT2D eigenvalue weighted by Crippen LogP contribution is -1.94. The summed E-state index contributed by atoms with van der Waals surface area (Å²) in [6, 6.07) is 4.75. The van der Waals surface area contributed by atoms with Gasteiger partial charge in [-0.15, -0.1) is 0 Å². The molecule has 0 amide bonds. The first-order valence-electron chi connectivity index (χ1n) is 4.65. The average molecular weight is 301 g/mol. The van der Waals surface area contributed by atoms with Crippen molar-refractivity contribution in [3.8, 4) is 17.7 Å². The van der Waals surface area contributed by atoms with Crippen molar-refractivity contribution in [1.82, 2.24) is 9.97 Å². The molecule has 0 unspecified atom stereocenters. The van der Waals surface area contributed by atoms with Gasteiger partial charge in [-0.3, -0.25) is 0 Å². The molecule has 1 aromatic carbocycles. The third kappa shape index (κ3) is 2.65. The minimum absolute atomic E-state index is 0.0552. The number of nitrogens with zero attached hydrogens (tertiary/aromatic N) is 3. The van der Waals surface area contributed by atoms with Gasteiger partial charge in [0.2, 0.25) is 5.69 Å². The van der Waals surface area contributed by atoms with Crippen LogP contribution in [0, 0.1) is 11.3 Å². The quantitative estimate of drug-likeness (QED) is 0.783. The van der Waals surface area contributed by atoms with Gasteiger partial charge >= 0.3 is 0 Å². The highest BCUT2D eigenvalue weighted by Gasteiger charge is 2.12. The third-order valence-electron chi connectivity index (χ3n) is 1.95. The van der Waals surface area contributed by atoms with Crippen molar-refractivity contribution < 1.29 is 4.74 Å². The van der Waals surface area contributed by atoms with Gasteiger partial charge in [0, 0.05) is 18.5 Å². The molecule has 0 saturated heterocycles. The summed E-state index contributed by atoms with van der Waals surface area (Å²) in [5, 5.41) is 9.72. The van der Waals surface area contributed by atoms with E-state index in [1.807, 2.05) is 6.07 Å². The van der Waals surface area contributed by atoms with E-state index in [-0.39, 0.29) is 22.3 Å². The summed E-state index contributed by atoms with van der Waals surface area (Å²) in [5.74, 6) is 0.309. The zero-order valence-electron chi connectivity index (χ0n) is 8.69. The van der Waals surface area contributed by atoms with Crippen molar-refractivity contribution in [2.24, 2.45) is 0 Å². The van der Waals surface area contributed by atoms with Crippen molar-refractivity contribution in [2.75, 3.05) is 0 Å². The Bertz CT molecular complexity index is 640. The highest BCUT2D eigenvalue weighted by molar-refractivity contribution is 6.43. The summed E-state index contributed by atoms with van der Waals surface area (Å²) in [4.78, 5) is 7.71. The number of nitriles is 1. The first kappa shape index (κ1) is 12.9. The minimum Gasteiger partial charge on any atom is -0.435 e. The standard InChI is InChI=1S/C11H4Cl3N3O/c12-6-3-8(14)10(4-7(6)13)18-11-9(5-15)16-1-2-17-11/h1-4H. The fourth-order valence-corrected chi connectivity index (χ4v) is 1.74. The summed E-state index contributed by atoms with van der Waals surface area (Å²) >= 11 is 17.6. The fourth-order valence-electron chi connectivity index (χ4n) is 1.16. The topological polar surface area (TPSA) is 58.8 Å². The molecule has 0 aliphatic rings. The van der Waals surface area contributed by atoms with E-state index in [4.69, 9.17) is 44.8 Å². The molecule has 18 heavy (non-hydrogen) atoms. The number of hydrogen-bond donors (Lipinski definition) is 0. The monoisotopic (exact) mass is 299 g/mol. The van der Waals surface area contributed by atoms with E-state index in [0.29, 0.717) is 10.0 Å². The van der Waals surface area contributed by atoms with Crippen LogP contribution in [0.4, 0.5) is 0 Å². The van der Waals surface area contributed by atoms with Crippen LogP contribution in [0.3, 0.4) is 0 Å². The van der Waals surface area contributed by atoms with Crippen LogP contribution in [0.15, 0.2) is 24.5 Å². The van der Waals surface area contributed by atoms with Gasteiger partial charge in [0.05, 0.1) is 15.1 Å². The fraction of sp³-hybridized carbons (Fsp3) is 0. The highest BCUT2D eigenvalue weighted by Crippen LogP contribution is 2.36. The Morgan fingerprint density at radius 3 is 2.39 bits per heavy atom. The van der Waals surface area contributed by atoms with Gasteiger partial charge in [-0.05, 0) is 6.07 Å². The summed E-state index contributed by atoms with van der Waals surface area (Å²) in [6.45, 7) is 0. The summed E-state index contributed by atoms with van der Waals surface area (Å²) in [6.07, 6.45) is 2.80. The number of rotatable bonds is 2. The van der Waals surface area contributed by atoms with Crippen molar-refractivity contribution in [3.05, 3.63) is 45.3 Å². The molecule has 4 nitrogen and oxygen atoms in total. The van der Waals surface area contributed by atoms with Crippen LogP contribution < -0.4 is 4.74 Å². The predicted octanol–water partition coefficient (Wildman–Crippen LogP) is 4.10. The van der Waals surface area contributed by atoms with E-state index in [0.717, 1.165) is 0 Å². The Morgan fingerprint density at radius 2 is 1.67 bits per heavy atom.